The molecule has 0 aliphatic rings. The standard InChI is InChI=1S/C48H57N5O10S/c1-8-28-60-42(56)38(52-45(59)63-47(5,6)7)29-32-24-26-36(27-25-32)61-44(58)53-41(55)39(51-40(54)37(49)30-50-43(57)62-46(2,3)4)31-64-48(33-18-12-9-13-19-33,34-20-14-10-15-21-34)35-22-16-11-17-23-35/h8-27,37-39H,1,28-31,49H2,2-7H3,(H,50,57)(H,51,54)(H,52,59)(H,53,55,58)/t37-,38-,39-/m0/s1. The molecule has 0 spiro atoms. The third-order valence-electron chi connectivity index (χ3n) is 8.96. The van der Waals surface area contributed by atoms with Crippen LogP contribution in [-0.4, -0.2) is 84.3 Å². The van der Waals surface area contributed by atoms with Crippen LogP contribution in [0.3, 0.4) is 0 Å². The van der Waals surface area contributed by atoms with Gasteiger partial charge in [-0.15, -0.1) is 11.8 Å². The van der Waals surface area contributed by atoms with E-state index in [-0.39, 0.29) is 31.1 Å². The molecule has 4 aromatic rings. The molecule has 4 aromatic carbocycles. The maximum atomic E-state index is 14.1. The number of ether oxygens (including phenoxy) is 4. The zero-order valence-electron chi connectivity index (χ0n) is 36.9. The van der Waals surface area contributed by atoms with Crippen molar-refractivity contribution in [1.29, 1.82) is 0 Å². The van der Waals surface area contributed by atoms with Crippen LogP contribution in [0.2, 0.25) is 0 Å². The Balaban J connectivity index is 1.57. The highest BCUT2D eigenvalue weighted by Crippen LogP contribution is 2.48. The van der Waals surface area contributed by atoms with Gasteiger partial charge in [0.25, 0.3) is 5.91 Å². The first-order valence-electron chi connectivity index (χ1n) is 20.5. The molecule has 64 heavy (non-hydrogen) atoms. The number of carbonyl (C=O) groups excluding carboxylic acids is 6. The number of thioether (sulfide) groups is 1. The van der Waals surface area contributed by atoms with Gasteiger partial charge in [0.15, 0.2) is 0 Å². The first kappa shape index (κ1) is 50.0. The largest absolute Gasteiger partial charge is 0.460 e. The smallest absolute Gasteiger partial charge is 0.419 e. The second-order valence-electron chi connectivity index (χ2n) is 16.5. The molecule has 0 aromatic heterocycles. The van der Waals surface area contributed by atoms with E-state index in [0.717, 1.165) is 16.7 Å². The van der Waals surface area contributed by atoms with Gasteiger partial charge in [-0.2, -0.15) is 0 Å². The summed E-state index contributed by atoms with van der Waals surface area (Å²) < 4.78 is 20.3. The predicted molar refractivity (Wildman–Crippen MR) is 244 cm³/mol. The van der Waals surface area contributed by atoms with Crippen molar-refractivity contribution in [2.24, 2.45) is 5.73 Å². The number of esters is 1. The van der Waals surface area contributed by atoms with Crippen LogP contribution in [0.15, 0.2) is 128 Å². The van der Waals surface area contributed by atoms with Gasteiger partial charge in [-0.05, 0) is 75.9 Å². The lowest BCUT2D eigenvalue weighted by Crippen LogP contribution is -2.56. The van der Waals surface area contributed by atoms with Crippen molar-refractivity contribution in [3.8, 4) is 5.75 Å². The molecule has 0 saturated carbocycles. The van der Waals surface area contributed by atoms with Gasteiger partial charge in [-0.1, -0.05) is 116 Å². The lowest BCUT2D eigenvalue weighted by Gasteiger charge is -2.36. The van der Waals surface area contributed by atoms with Gasteiger partial charge >= 0.3 is 24.2 Å². The Bertz CT molecular complexity index is 2100. The highest BCUT2D eigenvalue weighted by Gasteiger charge is 2.39. The number of hydrogen-bond acceptors (Lipinski definition) is 12. The molecule has 6 N–H and O–H groups in total. The zero-order valence-corrected chi connectivity index (χ0v) is 37.7. The second kappa shape index (κ2) is 23.2. The van der Waals surface area contributed by atoms with Crippen molar-refractivity contribution in [3.05, 3.63) is 150 Å². The van der Waals surface area contributed by atoms with Crippen LogP contribution in [-0.2, 0) is 39.8 Å². The highest BCUT2D eigenvalue weighted by molar-refractivity contribution is 8.00. The predicted octanol–water partition coefficient (Wildman–Crippen LogP) is 6.53. The van der Waals surface area contributed by atoms with Crippen molar-refractivity contribution in [2.75, 3.05) is 18.9 Å². The van der Waals surface area contributed by atoms with E-state index < -0.39 is 70.1 Å². The van der Waals surface area contributed by atoms with E-state index in [4.69, 9.17) is 24.7 Å². The zero-order chi connectivity index (χ0) is 46.9. The normalized spacial score (nSPS) is 12.9. The lowest BCUT2D eigenvalue weighted by atomic mass is 9.84. The minimum absolute atomic E-state index is 0.00505. The average molecular weight is 896 g/mol. The van der Waals surface area contributed by atoms with E-state index >= 15 is 0 Å². The SMILES string of the molecule is C=CCOC(=O)[C@H](Cc1ccc(OC(=O)NC(=O)[C@H](CSC(c2ccccc2)(c2ccccc2)c2ccccc2)NC(=O)[C@@H](N)CNC(=O)OC(C)(C)C)cc1)NC(=O)OC(C)(C)C. The van der Waals surface area contributed by atoms with E-state index in [1.165, 1.54) is 30.0 Å². The molecule has 0 heterocycles. The third-order valence-corrected chi connectivity index (χ3v) is 10.6. The highest BCUT2D eigenvalue weighted by atomic mass is 32.2. The summed E-state index contributed by atoms with van der Waals surface area (Å²) in [5, 5.41) is 9.92. The Kier molecular flexibility index (Phi) is 18.1. The Morgan fingerprint density at radius 3 is 1.64 bits per heavy atom. The minimum Gasteiger partial charge on any atom is -0.460 e. The maximum Gasteiger partial charge on any atom is 0.419 e. The number of alkyl carbamates (subject to hydrolysis) is 2. The van der Waals surface area contributed by atoms with Gasteiger partial charge in [-0.3, -0.25) is 14.9 Å². The summed E-state index contributed by atoms with van der Waals surface area (Å²) in [5.41, 5.74) is 7.84. The summed E-state index contributed by atoms with van der Waals surface area (Å²) in [4.78, 5) is 78.6. The molecule has 0 saturated heterocycles. The summed E-state index contributed by atoms with van der Waals surface area (Å²) in [6, 6.07) is 31.3. The number of nitrogens with one attached hydrogen (secondary N) is 4. The van der Waals surface area contributed by atoms with E-state index in [2.05, 4.69) is 27.8 Å². The summed E-state index contributed by atoms with van der Waals surface area (Å²) in [7, 11) is 0. The Hall–Kier alpha value is -6.65. The molecule has 5 amide bonds. The third kappa shape index (κ3) is 15.6. The van der Waals surface area contributed by atoms with Gasteiger partial charge in [-0.25, -0.2) is 19.2 Å². The van der Waals surface area contributed by atoms with Crippen LogP contribution < -0.4 is 31.7 Å². The summed E-state index contributed by atoms with van der Waals surface area (Å²) in [6.07, 6.45) is -1.33. The van der Waals surface area contributed by atoms with Gasteiger partial charge in [0, 0.05) is 18.7 Å². The van der Waals surface area contributed by atoms with Crippen LogP contribution in [0.5, 0.6) is 5.75 Å². The van der Waals surface area contributed by atoms with Crippen molar-refractivity contribution >= 4 is 47.8 Å². The van der Waals surface area contributed by atoms with E-state index in [1.807, 2.05) is 91.0 Å². The van der Waals surface area contributed by atoms with Crippen molar-refractivity contribution in [1.82, 2.24) is 21.3 Å². The molecule has 15 nitrogen and oxygen atoms in total. The molecular weight excluding hydrogens is 839 g/mol. The molecular formula is C48H57N5O10S. The first-order valence-corrected chi connectivity index (χ1v) is 21.5. The van der Waals surface area contributed by atoms with E-state index in [9.17, 15) is 28.8 Å². The Morgan fingerprint density at radius 1 is 0.656 bits per heavy atom. The number of rotatable bonds is 18. The fraction of sp³-hybridized carbons (Fsp3) is 0.333. The Labute approximate surface area is 378 Å². The molecule has 0 bridgehead atoms. The maximum absolute atomic E-state index is 14.1. The van der Waals surface area contributed by atoms with Gasteiger partial charge in [0.2, 0.25) is 5.91 Å². The molecule has 0 radical (unpaired) electrons. The molecule has 0 aliphatic heterocycles. The van der Waals surface area contributed by atoms with Crippen LogP contribution in [0.25, 0.3) is 0 Å². The number of nitrogens with two attached hydrogens (primary N) is 1. The van der Waals surface area contributed by atoms with Gasteiger partial charge in [0.05, 0.1) is 4.75 Å². The lowest BCUT2D eigenvalue weighted by molar-refractivity contribution is -0.144. The molecule has 0 unspecified atom stereocenters. The second-order valence-corrected chi connectivity index (χ2v) is 17.7. The van der Waals surface area contributed by atoms with Gasteiger partial charge < -0.3 is 40.6 Å². The number of imide groups is 1. The first-order chi connectivity index (χ1) is 30.3. The van der Waals surface area contributed by atoms with Crippen LogP contribution >= 0.6 is 11.8 Å². The quantitative estimate of drug-likeness (QED) is 0.0312. The van der Waals surface area contributed by atoms with Gasteiger partial charge in [0.1, 0.15) is 41.7 Å². The monoisotopic (exact) mass is 895 g/mol. The van der Waals surface area contributed by atoms with Crippen molar-refractivity contribution in [2.45, 2.75) is 82.0 Å². The topological polar surface area (TPSA) is 213 Å². The number of benzene rings is 4. The summed E-state index contributed by atoms with van der Waals surface area (Å²) in [5.74, 6) is -2.41. The molecule has 0 aliphatic carbocycles. The molecule has 340 valence electrons. The minimum atomic E-state index is -1.36. The van der Waals surface area contributed by atoms with Crippen molar-refractivity contribution < 1.29 is 47.7 Å². The molecule has 16 heteroatoms. The number of hydrogen-bond donors (Lipinski definition) is 5. The fourth-order valence-corrected chi connectivity index (χ4v) is 7.73. The molecule has 3 atom stereocenters. The number of carbonyl (C=O) groups is 6. The fourth-order valence-electron chi connectivity index (χ4n) is 6.17. The van der Waals surface area contributed by atoms with Crippen LogP contribution in [0, 0.1) is 0 Å². The van der Waals surface area contributed by atoms with Crippen molar-refractivity contribution in [3.63, 3.8) is 0 Å². The summed E-state index contributed by atoms with van der Waals surface area (Å²) in [6.45, 7) is 13.3. The molecule has 0 fully saturated rings. The molecule has 4 rings (SSSR count). The Morgan fingerprint density at radius 2 is 1.16 bits per heavy atom. The number of amides is 5. The van der Waals surface area contributed by atoms with Crippen LogP contribution in [0.4, 0.5) is 14.4 Å². The van der Waals surface area contributed by atoms with Crippen LogP contribution in [0.1, 0.15) is 63.8 Å². The average Bonchev–Trinajstić information content (AvgIpc) is 3.24. The summed E-state index contributed by atoms with van der Waals surface area (Å²) >= 11 is 1.36. The van der Waals surface area contributed by atoms with E-state index in [0.29, 0.717) is 5.56 Å². The van der Waals surface area contributed by atoms with E-state index in [1.54, 1.807) is 53.7 Å².